The minimum atomic E-state index is 0.0941. The maximum absolute atomic E-state index is 11.3. The first-order valence-corrected chi connectivity index (χ1v) is 7.29. The van der Waals surface area contributed by atoms with Crippen LogP contribution in [0.3, 0.4) is 0 Å². The Morgan fingerprint density at radius 2 is 2.26 bits per heavy atom. The Morgan fingerprint density at radius 1 is 1.42 bits per heavy atom. The van der Waals surface area contributed by atoms with Crippen LogP contribution in [0.25, 0.3) is 0 Å². The van der Waals surface area contributed by atoms with Gasteiger partial charge in [-0.05, 0) is 25.5 Å². The van der Waals surface area contributed by atoms with Crippen LogP contribution in [-0.2, 0) is 12.3 Å². The van der Waals surface area contributed by atoms with Crippen LogP contribution in [0.5, 0.6) is 0 Å². The monoisotopic (exact) mass is 275 g/mol. The normalized spacial score (nSPS) is 10.6. The first kappa shape index (κ1) is 13.8. The Hall–Kier alpha value is -1.62. The number of aromatic nitrogens is 3. The van der Waals surface area contributed by atoms with Gasteiger partial charge in [0.1, 0.15) is 12.2 Å². The highest BCUT2D eigenvalue weighted by Crippen LogP contribution is 2.23. The Morgan fingerprint density at radius 3 is 3.00 bits per heavy atom. The van der Waals surface area contributed by atoms with Crippen LogP contribution in [0, 0.1) is 0 Å². The van der Waals surface area contributed by atoms with E-state index in [2.05, 4.69) is 17.0 Å². The number of nitrogens with zero attached hydrogens (tertiary/aromatic N) is 3. The number of hydrogen-bond acceptors (Lipinski definition) is 4. The lowest BCUT2D eigenvalue weighted by Crippen LogP contribution is -2.04. The summed E-state index contributed by atoms with van der Waals surface area (Å²) in [6, 6.07) is 7.69. The molecule has 0 unspecified atom stereocenters. The van der Waals surface area contributed by atoms with Gasteiger partial charge in [0.25, 0.3) is 0 Å². The highest BCUT2D eigenvalue weighted by Gasteiger charge is 2.06. The van der Waals surface area contributed by atoms with Crippen molar-refractivity contribution < 1.29 is 4.79 Å². The Balaban J connectivity index is 2.04. The maximum atomic E-state index is 11.3. The van der Waals surface area contributed by atoms with Gasteiger partial charge >= 0.3 is 0 Å². The molecule has 0 radical (unpaired) electrons. The second kappa shape index (κ2) is 6.52. The first-order valence-electron chi connectivity index (χ1n) is 6.31. The molecule has 0 aliphatic heterocycles. The number of carbonyl (C=O) groups is 1. The lowest BCUT2D eigenvalue weighted by atomic mass is 10.2. The third kappa shape index (κ3) is 3.67. The van der Waals surface area contributed by atoms with Crippen molar-refractivity contribution in [2.24, 2.45) is 0 Å². The number of aryl methyl sites for hydroxylation is 1. The Labute approximate surface area is 117 Å². The van der Waals surface area contributed by atoms with Gasteiger partial charge < -0.3 is 0 Å². The standard InChI is InChI=1S/C14H17N3OS/c1-3-7-17-14(15-10-16-17)9-19-13-6-4-5-12(8-13)11(2)18/h4-6,8,10H,3,7,9H2,1-2H3. The molecule has 0 fully saturated rings. The molecule has 0 aliphatic carbocycles. The van der Waals surface area contributed by atoms with Crippen molar-refractivity contribution in [3.63, 3.8) is 0 Å². The first-order chi connectivity index (χ1) is 9.20. The molecule has 0 bridgehead atoms. The van der Waals surface area contributed by atoms with Crippen LogP contribution in [-0.4, -0.2) is 20.5 Å². The van der Waals surface area contributed by atoms with Crippen molar-refractivity contribution in [3.05, 3.63) is 42.0 Å². The molecule has 1 aromatic carbocycles. The SMILES string of the molecule is CCCn1ncnc1CSc1cccc(C(C)=O)c1. The third-order valence-corrected chi connectivity index (χ3v) is 3.73. The fraction of sp³-hybridized carbons (Fsp3) is 0.357. The Kier molecular flexibility index (Phi) is 4.74. The van der Waals surface area contributed by atoms with E-state index in [4.69, 9.17) is 0 Å². The zero-order chi connectivity index (χ0) is 13.7. The van der Waals surface area contributed by atoms with Crippen LogP contribution in [0.1, 0.15) is 36.5 Å². The lowest BCUT2D eigenvalue weighted by Gasteiger charge is -2.05. The molecule has 0 saturated heterocycles. The molecule has 0 spiro atoms. The summed E-state index contributed by atoms with van der Waals surface area (Å²) in [5.74, 6) is 1.83. The Bertz CT molecular complexity index is 565. The second-order valence-electron chi connectivity index (χ2n) is 4.27. The molecule has 2 rings (SSSR count). The summed E-state index contributed by atoms with van der Waals surface area (Å²) < 4.78 is 1.93. The number of thioether (sulfide) groups is 1. The quantitative estimate of drug-likeness (QED) is 0.600. The second-order valence-corrected chi connectivity index (χ2v) is 5.32. The van der Waals surface area contributed by atoms with E-state index in [-0.39, 0.29) is 5.78 Å². The van der Waals surface area contributed by atoms with Gasteiger partial charge in [0.2, 0.25) is 0 Å². The van der Waals surface area contributed by atoms with Gasteiger partial charge in [0.15, 0.2) is 5.78 Å². The summed E-state index contributed by atoms with van der Waals surface area (Å²) in [5.41, 5.74) is 0.750. The third-order valence-electron chi connectivity index (χ3n) is 2.74. The molecule has 19 heavy (non-hydrogen) atoms. The predicted molar refractivity (Wildman–Crippen MR) is 76.3 cm³/mol. The molecule has 2 aromatic rings. The summed E-state index contributed by atoms with van der Waals surface area (Å²) in [4.78, 5) is 16.7. The van der Waals surface area contributed by atoms with Crippen molar-refractivity contribution >= 4 is 17.5 Å². The van der Waals surface area contributed by atoms with Crippen LogP contribution >= 0.6 is 11.8 Å². The summed E-state index contributed by atoms with van der Waals surface area (Å²) in [6.07, 6.45) is 2.64. The van der Waals surface area contributed by atoms with E-state index in [9.17, 15) is 4.79 Å². The van der Waals surface area contributed by atoms with Crippen LogP contribution in [0.4, 0.5) is 0 Å². The zero-order valence-corrected chi connectivity index (χ0v) is 12.0. The molecule has 5 heteroatoms. The highest BCUT2D eigenvalue weighted by atomic mass is 32.2. The van der Waals surface area contributed by atoms with Crippen LogP contribution in [0.2, 0.25) is 0 Å². The molecular formula is C14H17N3OS. The van der Waals surface area contributed by atoms with Crippen molar-refractivity contribution in [2.45, 2.75) is 37.5 Å². The van der Waals surface area contributed by atoms with Crippen LogP contribution in [0.15, 0.2) is 35.5 Å². The van der Waals surface area contributed by atoms with E-state index in [1.807, 2.05) is 28.9 Å². The summed E-state index contributed by atoms with van der Waals surface area (Å²) in [6.45, 7) is 4.60. The average Bonchev–Trinajstić information content (AvgIpc) is 2.85. The summed E-state index contributed by atoms with van der Waals surface area (Å²) in [5, 5.41) is 4.20. The van der Waals surface area contributed by atoms with E-state index < -0.39 is 0 Å². The minimum Gasteiger partial charge on any atom is -0.295 e. The molecule has 1 heterocycles. The minimum absolute atomic E-state index is 0.0941. The predicted octanol–water partition coefficient (Wildman–Crippen LogP) is 3.18. The molecule has 100 valence electrons. The number of rotatable bonds is 6. The number of ketones is 1. The van der Waals surface area contributed by atoms with Gasteiger partial charge in [-0.15, -0.1) is 11.8 Å². The number of benzene rings is 1. The number of hydrogen-bond donors (Lipinski definition) is 0. The number of carbonyl (C=O) groups excluding carboxylic acids is 1. The molecule has 1 aromatic heterocycles. The number of Topliss-reactive ketones (excluding diaryl/α,β-unsaturated/α-hetero) is 1. The summed E-state index contributed by atoms with van der Waals surface area (Å²) >= 11 is 1.67. The average molecular weight is 275 g/mol. The molecule has 0 amide bonds. The van der Waals surface area contributed by atoms with E-state index in [0.29, 0.717) is 0 Å². The topological polar surface area (TPSA) is 47.8 Å². The highest BCUT2D eigenvalue weighted by molar-refractivity contribution is 7.98. The fourth-order valence-electron chi connectivity index (χ4n) is 1.75. The molecule has 4 nitrogen and oxygen atoms in total. The van der Waals surface area contributed by atoms with Crippen molar-refractivity contribution in [3.8, 4) is 0 Å². The lowest BCUT2D eigenvalue weighted by molar-refractivity contribution is 0.101. The van der Waals surface area contributed by atoms with Crippen LogP contribution < -0.4 is 0 Å². The summed E-state index contributed by atoms with van der Waals surface area (Å²) in [7, 11) is 0. The van der Waals surface area contributed by atoms with Gasteiger partial charge in [-0.25, -0.2) is 9.67 Å². The van der Waals surface area contributed by atoms with Crippen molar-refractivity contribution in [1.82, 2.24) is 14.8 Å². The molecule has 0 atom stereocenters. The molecule has 0 saturated carbocycles. The fourth-order valence-corrected chi connectivity index (χ4v) is 2.66. The van der Waals surface area contributed by atoms with Gasteiger partial charge in [-0.2, -0.15) is 5.10 Å². The molecule has 0 N–H and O–H groups in total. The maximum Gasteiger partial charge on any atom is 0.159 e. The van der Waals surface area contributed by atoms with E-state index in [1.165, 1.54) is 0 Å². The van der Waals surface area contributed by atoms with Gasteiger partial charge in [0.05, 0.1) is 5.75 Å². The van der Waals surface area contributed by atoms with Crippen molar-refractivity contribution in [2.75, 3.05) is 0 Å². The van der Waals surface area contributed by atoms with Crippen molar-refractivity contribution in [1.29, 1.82) is 0 Å². The largest absolute Gasteiger partial charge is 0.295 e. The van der Waals surface area contributed by atoms with E-state index >= 15 is 0 Å². The van der Waals surface area contributed by atoms with Gasteiger partial charge in [-0.3, -0.25) is 4.79 Å². The van der Waals surface area contributed by atoms with E-state index in [0.717, 1.165) is 35.0 Å². The van der Waals surface area contributed by atoms with E-state index in [1.54, 1.807) is 25.0 Å². The van der Waals surface area contributed by atoms with Gasteiger partial charge in [0, 0.05) is 17.0 Å². The van der Waals surface area contributed by atoms with Gasteiger partial charge in [-0.1, -0.05) is 19.1 Å². The molecule has 0 aliphatic rings. The smallest absolute Gasteiger partial charge is 0.159 e. The molecular weight excluding hydrogens is 258 g/mol. The zero-order valence-electron chi connectivity index (χ0n) is 11.2.